The van der Waals surface area contributed by atoms with E-state index in [0.717, 1.165) is 30.5 Å². The van der Waals surface area contributed by atoms with E-state index in [1.54, 1.807) is 36.4 Å². The Labute approximate surface area is 169 Å². The Bertz CT molecular complexity index is 1130. The van der Waals surface area contributed by atoms with Crippen LogP contribution in [0, 0.1) is 17.1 Å². The maximum atomic E-state index is 13.3. The zero-order valence-corrected chi connectivity index (χ0v) is 15.8. The van der Waals surface area contributed by atoms with E-state index in [-0.39, 0.29) is 17.8 Å². The van der Waals surface area contributed by atoms with E-state index in [4.69, 9.17) is 5.26 Å². The van der Waals surface area contributed by atoms with Gasteiger partial charge in [0.1, 0.15) is 5.82 Å². The Kier molecular flexibility index (Phi) is 4.17. The first kappa shape index (κ1) is 17.6. The van der Waals surface area contributed by atoms with Crippen LogP contribution in [0.25, 0.3) is 11.1 Å². The van der Waals surface area contributed by atoms with Gasteiger partial charge >= 0.3 is 0 Å². The molecule has 5 rings (SSSR count). The van der Waals surface area contributed by atoms with Crippen LogP contribution in [0.4, 0.5) is 4.39 Å². The largest absolute Gasteiger partial charge is 0.332 e. The maximum Gasteiger partial charge on any atom is 0.254 e. The van der Waals surface area contributed by atoms with Crippen LogP contribution in [0.1, 0.15) is 51.8 Å². The van der Waals surface area contributed by atoms with Crippen molar-refractivity contribution in [3.63, 3.8) is 0 Å². The van der Waals surface area contributed by atoms with Gasteiger partial charge in [0.25, 0.3) is 5.91 Å². The number of carbonyl (C=O) groups is 1. The molecule has 0 spiro atoms. The normalized spacial score (nSPS) is 19.5. The van der Waals surface area contributed by atoms with Gasteiger partial charge in [-0.1, -0.05) is 24.3 Å². The molecule has 2 atom stereocenters. The number of benzene rings is 3. The average molecular weight is 382 g/mol. The molecule has 2 bridgehead atoms. The summed E-state index contributed by atoms with van der Waals surface area (Å²) in [5, 5.41) is 8.98. The first-order valence-electron chi connectivity index (χ1n) is 9.85. The molecule has 3 aromatic carbocycles. The Balaban J connectivity index is 1.49. The standard InChI is InChI=1S/C25H19FN2O/c26-21-8-5-17(6-9-21)19-7-10-22-20-11-12-28(24(14-20)23(22)13-19)25(29)18-3-1-16(15-27)2-4-18/h1-10,13,20,24H,11-12,14H2. The fourth-order valence-electron chi connectivity index (χ4n) is 4.70. The van der Waals surface area contributed by atoms with Crippen LogP contribution >= 0.6 is 0 Å². The Morgan fingerprint density at radius 3 is 2.41 bits per heavy atom. The number of fused-ring (bicyclic) bond motifs is 5. The number of rotatable bonds is 2. The topological polar surface area (TPSA) is 44.1 Å². The third-order valence-corrected chi connectivity index (χ3v) is 6.19. The van der Waals surface area contributed by atoms with E-state index >= 15 is 0 Å². The van der Waals surface area contributed by atoms with Crippen molar-refractivity contribution in [3.05, 3.63) is 94.8 Å². The highest BCUT2D eigenvalue weighted by atomic mass is 19.1. The molecule has 1 aliphatic heterocycles. The van der Waals surface area contributed by atoms with Gasteiger partial charge in [-0.15, -0.1) is 0 Å². The van der Waals surface area contributed by atoms with Crippen molar-refractivity contribution in [1.82, 2.24) is 4.90 Å². The number of halogens is 1. The number of hydrogen-bond acceptors (Lipinski definition) is 2. The molecule has 0 aromatic heterocycles. The predicted molar refractivity (Wildman–Crippen MR) is 109 cm³/mol. The van der Waals surface area contributed by atoms with Gasteiger partial charge in [0.15, 0.2) is 0 Å². The van der Waals surface area contributed by atoms with Crippen LogP contribution in [-0.4, -0.2) is 17.4 Å². The summed E-state index contributed by atoms with van der Waals surface area (Å²) in [5.41, 5.74) is 5.72. The molecule has 3 aromatic rings. The van der Waals surface area contributed by atoms with Crippen molar-refractivity contribution >= 4 is 5.91 Å². The zero-order chi connectivity index (χ0) is 20.0. The fraction of sp³-hybridized carbons (Fsp3) is 0.200. The molecular weight excluding hydrogens is 363 g/mol. The van der Waals surface area contributed by atoms with Crippen LogP contribution in [-0.2, 0) is 0 Å². The summed E-state index contributed by atoms with van der Waals surface area (Å²) in [6.07, 6.45) is 1.91. The molecule has 0 saturated carbocycles. The molecule has 29 heavy (non-hydrogen) atoms. The van der Waals surface area contributed by atoms with Gasteiger partial charge in [-0.25, -0.2) is 4.39 Å². The third-order valence-electron chi connectivity index (χ3n) is 6.19. The first-order chi connectivity index (χ1) is 14.1. The van der Waals surface area contributed by atoms with Gasteiger partial charge in [-0.3, -0.25) is 4.79 Å². The van der Waals surface area contributed by atoms with Crippen molar-refractivity contribution in [1.29, 1.82) is 5.26 Å². The number of amides is 1. The predicted octanol–water partition coefficient (Wildman–Crippen LogP) is 5.44. The number of likely N-dealkylation sites (tertiary alicyclic amines) is 1. The van der Waals surface area contributed by atoms with E-state index in [1.165, 1.54) is 23.3 Å². The van der Waals surface area contributed by atoms with Crippen molar-refractivity contribution in [2.45, 2.75) is 24.8 Å². The third kappa shape index (κ3) is 3.00. The molecule has 0 radical (unpaired) electrons. The van der Waals surface area contributed by atoms with Crippen LogP contribution in [0.3, 0.4) is 0 Å². The van der Waals surface area contributed by atoms with Gasteiger partial charge in [-0.2, -0.15) is 5.26 Å². The molecule has 3 nitrogen and oxygen atoms in total. The first-order valence-corrected chi connectivity index (χ1v) is 9.85. The number of hydrogen-bond donors (Lipinski definition) is 0. The summed E-state index contributed by atoms with van der Waals surface area (Å²) in [7, 11) is 0. The molecule has 0 N–H and O–H groups in total. The zero-order valence-electron chi connectivity index (χ0n) is 15.8. The number of nitriles is 1. The second-order valence-corrected chi connectivity index (χ2v) is 7.78. The number of carbonyl (C=O) groups excluding carboxylic acids is 1. The van der Waals surface area contributed by atoms with Crippen molar-refractivity contribution < 1.29 is 9.18 Å². The minimum absolute atomic E-state index is 0.0120. The Hall–Kier alpha value is -3.45. The SMILES string of the molecule is N#Cc1ccc(C(=O)N2CCC3CC2c2cc(-c4ccc(F)cc4)ccc23)cc1. The minimum atomic E-state index is -0.245. The van der Waals surface area contributed by atoms with Gasteiger partial charge < -0.3 is 4.90 Å². The lowest BCUT2D eigenvalue weighted by atomic mass is 9.94. The second kappa shape index (κ2) is 6.86. The second-order valence-electron chi connectivity index (χ2n) is 7.78. The summed E-state index contributed by atoms with van der Waals surface area (Å²) >= 11 is 0. The summed E-state index contributed by atoms with van der Waals surface area (Å²) in [4.78, 5) is 15.2. The molecule has 4 heteroatoms. The minimum Gasteiger partial charge on any atom is -0.332 e. The molecule has 142 valence electrons. The highest BCUT2D eigenvalue weighted by Crippen LogP contribution is 2.50. The molecule has 2 aliphatic rings. The molecule has 1 amide bonds. The van der Waals surface area contributed by atoms with Gasteiger partial charge in [0.2, 0.25) is 0 Å². The molecule has 2 unspecified atom stereocenters. The highest BCUT2D eigenvalue weighted by molar-refractivity contribution is 5.95. The van der Waals surface area contributed by atoms with E-state index in [1.807, 2.05) is 4.90 Å². The van der Waals surface area contributed by atoms with E-state index in [0.29, 0.717) is 17.0 Å². The van der Waals surface area contributed by atoms with E-state index in [9.17, 15) is 9.18 Å². The maximum absolute atomic E-state index is 13.3. The van der Waals surface area contributed by atoms with Crippen molar-refractivity contribution in [2.75, 3.05) is 6.54 Å². The van der Waals surface area contributed by atoms with Crippen molar-refractivity contribution in [2.24, 2.45) is 0 Å². The van der Waals surface area contributed by atoms with Crippen LogP contribution in [0.2, 0.25) is 0 Å². The summed E-state index contributed by atoms with van der Waals surface area (Å²) < 4.78 is 13.3. The smallest absolute Gasteiger partial charge is 0.254 e. The lowest BCUT2D eigenvalue weighted by Crippen LogP contribution is -2.37. The van der Waals surface area contributed by atoms with Crippen LogP contribution in [0.15, 0.2) is 66.7 Å². The molecule has 1 saturated heterocycles. The lowest BCUT2D eigenvalue weighted by molar-refractivity contribution is 0.0620. The highest BCUT2D eigenvalue weighted by Gasteiger charge is 2.41. The van der Waals surface area contributed by atoms with Gasteiger partial charge in [-0.05, 0) is 83.5 Å². The molecule has 1 aliphatic carbocycles. The summed E-state index contributed by atoms with van der Waals surface area (Å²) in [6, 6.07) is 22.0. The summed E-state index contributed by atoms with van der Waals surface area (Å²) in [6.45, 7) is 0.731. The molecule has 1 heterocycles. The number of nitrogens with zero attached hydrogens (tertiary/aromatic N) is 2. The summed E-state index contributed by atoms with van der Waals surface area (Å²) in [5.74, 6) is 0.255. The van der Waals surface area contributed by atoms with Crippen molar-refractivity contribution in [3.8, 4) is 17.2 Å². The molecular formula is C25H19FN2O. The monoisotopic (exact) mass is 382 g/mol. The lowest BCUT2D eigenvalue weighted by Gasteiger charge is -2.34. The number of piperidine rings is 1. The Morgan fingerprint density at radius 2 is 1.69 bits per heavy atom. The quantitative estimate of drug-likeness (QED) is 0.592. The van der Waals surface area contributed by atoms with Crippen LogP contribution < -0.4 is 0 Å². The van der Waals surface area contributed by atoms with Gasteiger partial charge in [0, 0.05) is 12.1 Å². The fourth-order valence-corrected chi connectivity index (χ4v) is 4.70. The van der Waals surface area contributed by atoms with Crippen LogP contribution in [0.5, 0.6) is 0 Å². The average Bonchev–Trinajstić information content (AvgIpc) is 3.05. The van der Waals surface area contributed by atoms with E-state index < -0.39 is 0 Å². The molecule has 1 fully saturated rings. The Morgan fingerprint density at radius 1 is 0.966 bits per heavy atom. The van der Waals surface area contributed by atoms with E-state index in [2.05, 4.69) is 24.3 Å². The van der Waals surface area contributed by atoms with Gasteiger partial charge in [0.05, 0.1) is 17.7 Å².